The van der Waals surface area contributed by atoms with Crippen LogP contribution in [-0.4, -0.2) is 65.3 Å². The summed E-state index contributed by atoms with van der Waals surface area (Å²) in [4.78, 5) is 0. The normalized spacial score (nSPS) is 17.1. The van der Waals surface area contributed by atoms with E-state index < -0.39 is 11.5 Å². The van der Waals surface area contributed by atoms with E-state index in [-0.39, 0.29) is 18.0 Å². The second kappa shape index (κ2) is 15.4. The highest BCUT2D eigenvalue weighted by molar-refractivity contribution is 6.30. The molecule has 3 nitrogen and oxygen atoms in total. The Morgan fingerprint density at radius 3 is 1.58 bits per heavy atom. The molecule has 0 fully saturated rings. The first-order chi connectivity index (χ1) is 12.3. The van der Waals surface area contributed by atoms with Crippen LogP contribution in [0.3, 0.4) is 0 Å². The predicted octanol–water partition coefficient (Wildman–Crippen LogP) is 5.33. The molecule has 0 spiro atoms. The van der Waals surface area contributed by atoms with Gasteiger partial charge in [-0.3, -0.25) is 0 Å². The number of likely N-dealkylation sites (N-methyl/N-ethyl adjacent to an activating group) is 1. The van der Waals surface area contributed by atoms with Crippen LogP contribution in [0.5, 0.6) is 0 Å². The Labute approximate surface area is 172 Å². The zero-order valence-electron chi connectivity index (χ0n) is 17.6. The van der Waals surface area contributed by atoms with Crippen LogP contribution in [-0.2, 0) is 0 Å². The highest BCUT2D eigenvalue weighted by Crippen LogP contribution is 2.24. The zero-order valence-corrected chi connectivity index (χ0v) is 19.1. The molecule has 0 saturated carbocycles. The van der Waals surface area contributed by atoms with Crippen molar-refractivity contribution in [2.75, 3.05) is 27.7 Å². The predicted molar refractivity (Wildman–Crippen MR) is 115 cm³/mol. The summed E-state index contributed by atoms with van der Waals surface area (Å²) < 4.78 is 0.461. The lowest BCUT2D eigenvalue weighted by atomic mass is 9.99. The van der Waals surface area contributed by atoms with Crippen LogP contribution in [0.2, 0.25) is 0 Å². The Bertz CT molecular complexity index is 324. The number of nitrogens with zero attached hydrogens (tertiary/aromatic N) is 1. The van der Waals surface area contributed by atoms with Crippen molar-refractivity contribution in [2.45, 2.75) is 107 Å². The van der Waals surface area contributed by atoms with Crippen molar-refractivity contribution in [3.63, 3.8) is 0 Å². The van der Waals surface area contributed by atoms with E-state index in [0.717, 1.165) is 12.8 Å². The van der Waals surface area contributed by atoms with Gasteiger partial charge in [0.15, 0.2) is 0 Å². The van der Waals surface area contributed by atoms with Crippen LogP contribution < -0.4 is 0 Å². The van der Waals surface area contributed by atoms with E-state index in [0.29, 0.717) is 4.48 Å². The van der Waals surface area contributed by atoms with E-state index in [1.54, 1.807) is 0 Å². The molecule has 0 aliphatic heterocycles. The maximum absolute atomic E-state index is 10.5. The lowest BCUT2D eigenvalue weighted by Crippen LogP contribution is -2.57. The minimum absolute atomic E-state index is 0.101. The zero-order chi connectivity index (χ0) is 20.0. The molecule has 4 unspecified atom stereocenters. The van der Waals surface area contributed by atoms with Crippen molar-refractivity contribution < 1.29 is 14.7 Å². The maximum atomic E-state index is 10.5. The largest absolute Gasteiger partial charge is 0.390 e. The fourth-order valence-electron chi connectivity index (χ4n) is 3.40. The van der Waals surface area contributed by atoms with Gasteiger partial charge in [-0.05, 0) is 6.42 Å². The molecular formula is C21H44Cl2NO2+. The molecule has 0 amide bonds. The number of unbranched alkanes of at least 4 members (excludes halogenated alkanes) is 10. The van der Waals surface area contributed by atoms with Gasteiger partial charge < -0.3 is 14.7 Å². The Hall–Kier alpha value is 0.460. The van der Waals surface area contributed by atoms with E-state index in [4.69, 9.17) is 23.2 Å². The number of aliphatic hydroxyl groups excluding tert-OH is 2. The molecule has 0 bridgehead atoms. The Morgan fingerprint density at radius 1 is 0.769 bits per heavy atom. The topological polar surface area (TPSA) is 40.5 Å². The van der Waals surface area contributed by atoms with Crippen molar-refractivity contribution >= 4 is 23.2 Å². The highest BCUT2D eigenvalue weighted by atomic mass is 35.5. The van der Waals surface area contributed by atoms with E-state index in [9.17, 15) is 10.2 Å². The van der Waals surface area contributed by atoms with Gasteiger partial charge >= 0.3 is 0 Å². The summed E-state index contributed by atoms with van der Waals surface area (Å²) in [5.74, 6) is 0. The van der Waals surface area contributed by atoms with Gasteiger partial charge in [-0.15, -0.1) is 23.2 Å². The molecular weight excluding hydrogens is 369 g/mol. The second-order valence-electron chi connectivity index (χ2n) is 8.64. The SMILES string of the molecule is CCCCCCCCCCCCCC(Cl)C(Cl)C(O)C(CO)[N+](C)(C)C. The Morgan fingerprint density at radius 2 is 1.19 bits per heavy atom. The molecule has 0 aromatic heterocycles. The summed E-state index contributed by atoms with van der Waals surface area (Å²) >= 11 is 12.8. The standard InChI is InChI=1S/C21H44Cl2NO2/c1-5-6-7-8-9-10-11-12-13-14-15-16-18(22)20(23)21(26)19(17-25)24(2,3)4/h18-21,25-26H,5-17H2,1-4H3/q+1. The summed E-state index contributed by atoms with van der Waals surface area (Å²) in [6, 6.07) is -0.323. The summed E-state index contributed by atoms with van der Waals surface area (Å²) in [5, 5.41) is 19.2. The molecule has 0 aromatic carbocycles. The molecule has 0 aliphatic rings. The van der Waals surface area contributed by atoms with E-state index >= 15 is 0 Å². The molecule has 0 radical (unpaired) electrons. The molecule has 0 aromatic rings. The monoisotopic (exact) mass is 412 g/mol. The van der Waals surface area contributed by atoms with E-state index in [1.807, 2.05) is 21.1 Å². The average molecular weight is 413 g/mol. The fraction of sp³-hybridized carbons (Fsp3) is 1.00. The van der Waals surface area contributed by atoms with Crippen LogP contribution in [0.1, 0.15) is 84.0 Å². The molecule has 26 heavy (non-hydrogen) atoms. The van der Waals surface area contributed by atoms with Crippen LogP contribution in [0.15, 0.2) is 0 Å². The van der Waals surface area contributed by atoms with Crippen molar-refractivity contribution in [1.29, 1.82) is 0 Å². The molecule has 2 N–H and O–H groups in total. The van der Waals surface area contributed by atoms with Crippen molar-refractivity contribution in [3.05, 3.63) is 0 Å². The van der Waals surface area contributed by atoms with Crippen molar-refractivity contribution in [2.24, 2.45) is 0 Å². The first-order valence-electron chi connectivity index (χ1n) is 10.6. The lowest BCUT2D eigenvalue weighted by molar-refractivity contribution is -0.900. The van der Waals surface area contributed by atoms with Crippen LogP contribution in [0, 0.1) is 0 Å². The molecule has 5 heteroatoms. The third-order valence-electron chi connectivity index (χ3n) is 5.33. The molecule has 0 saturated heterocycles. The summed E-state index contributed by atoms with van der Waals surface area (Å²) in [6.07, 6.45) is 14.4. The number of quaternary nitrogens is 1. The number of aliphatic hydroxyl groups is 2. The third kappa shape index (κ3) is 12.0. The first-order valence-corrected chi connectivity index (χ1v) is 11.5. The number of alkyl halides is 2. The Kier molecular flexibility index (Phi) is 15.7. The number of rotatable bonds is 17. The third-order valence-corrected chi connectivity index (χ3v) is 6.51. The van der Waals surface area contributed by atoms with Gasteiger partial charge in [-0.25, -0.2) is 0 Å². The summed E-state index contributed by atoms with van der Waals surface area (Å²) in [5.41, 5.74) is 0. The smallest absolute Gasteiger partial charge is 0.139 e. The minimum Gasteiger partial charge on any atom is -0.390 e. The van der Waals surface area contributed by atoms with Crippen LogP contribution in [0.4, 0.5) is 0 Å². The Balaban J connectivity index is 3.79. The summed E-state index contributed by atoms with van der Waals surface area (Å²) in [6.45, 7) is 2.16. The van der Waals surface area contributed by atoms with Gasteiger partial charge in [0.25, 0.3) is 0 Å². The number of hydrogen-bond donors (Lipinski definition) is 2. The van der Waals surface area contributed by atoms with Crippen molar-refractivity contribution in [1.82, 2.24) is 0 Å². The number of hydrogen-bond acceptors (Lipinski definition) is 2. The molecule has 158 valence electrons. The lowest BCUT2D eigenvalue weighted by Gasteiger charge is -2.38. The quantitative estimate of drug-likeness (QED) is 0.192. The molecule has 0 heterocycles. The fourth-order valence-corrected chi connectivity index (χ4v) is 4.00. The van der Waals surface area contributed by atoms with Crippen LogP contribution in [0.25, 0.3) is 0 Å². The van der Waals surface area contributed by atoms with Crippen molar-refractivity contribution in [3.8, 4) is 0 Å². The molecule has 4 atom stereocenters. The summed E-state index contributed by atoms with van der Waals surface area (Å²) in [7, 11) is 5.84. The minimum atomic E-state index is -0.808. The van der Waals surface area contributed by atoms with Gasteiger partial charge in [-0.1, -0.05) is 77.6 Å². The van der Waals surface area contributed by atoms with Crippen LogP contribution >= 0.6 is 23.2 Å². The van der Waals surface area contributed by atoms with Gasteiger partial charge in [-0.2, -0.15) is 0 Å². The van der Waals surface area contributed by atoms with Gasteiger partial charge in [0.1, 0.15) is 12.1 Å². The number of halogens is 2. The highest BCUT2D eigenvalue weighted by Gasteiger charge is 2.38. The first kappa shape index (κ1) is 26.5. The van der Waals surface area contributed by atoms with E-state index in [1.165, 1.54) is 64.2 Å². The maximum Gasteiger partial charge on any atom is 0.139 e. The van der Waals surface area contributed by atoms with Gasteiger partial charge in [0, 0.05) is 0 Å². The average Bonchev–Trinajstić information content (AvgIpc) is 2.58. The van der Waals surface area contributed by atoms with E-state index in [2.05, 4.69) is 6.92 Å². The molecule has 0 aliphatic carbocycles. The molecule has 0 rings (SSSR count). The van der Waals surface area contributed by atoms with Gasteiger partial charge in [0.2, 0.25) is 0 Å². The second-order valence-corrected chi connectivity index (χ2v) is 9.71. The van der Waals surface area contributed by atoms with Gasteiger partial charge in [0.05, 0.1) is 38.5 Å².